The molecular formula is C7H17ClN+. The first-order valence-corrected chi connectivity index (χ1v) is 3.93. The fourth-order valence-corrected chi connectivity index (χ4v) is 0.912. The molecule has 0 radical (unpaired) electrons. The summed E-state index contributed by atoms with van der Waals surface area (Å²) in [4.78, 5) is 0. The van der Waals surface area contributed by atoms with Gasteiger partial charge in [0.15, 0.2) is 0 Å². The van der Waals surface area contributed by atoms with Crippen LogP contribution in [0.25, 0.3) is 0 Å². The second kappa shape index (κ2) is 3.43. The summed E-state index contributed by atoms with van der Waals surface area (Å²) in [5.41, 5.74) is 0. The highest BCUT2D eigenvalue weighted by Gasteiger charge is 2.17. The molecule has 9 heavy (non-hydrogen) atoms. The van der Waals surface area contributed by atoms with Crippen LogP contribution in [0.1, 0.15) is 13.8 Å². The average Bonchev–Trinajstić information content (AvgIpc) is 1.65. The number of rotatable bonds is 3. The minimum Gasteiger partial charge on any atom is -0.326 e. The third-order valence-electron chi connectivity index (χ3n) is 2.06. The van der Waals surface area contributed by atoms with Crippen LogP contribution in [-0.4, -0.2) is 37.0 Å². The summed E-state index contributed by atoms with van der Waals surface area (Å²) in [5, 5.41) is 0. The van der Waals surface area contributed by atoms with Crippen LogP contribution in [0.4, 0.5) is 0 Å². The minimum absolute atomic E-state index is 0.670. The van der Waals surface area contributed by atoms with E-state index >= 15 is 0 Å². The van der Waals surface area contributed by atoms with E-state index in [4.69, 9.17) is 11.6 Å². The molecule has 0 unspecified atom stereocenters. The minimum atomic E-state index is 0.670. The second-order valence-electron chi connectivity index (χ2n) is 3.28. The Balaban J connectivity index is 3.70. The Kier molecular flexibility index (Phi) is 3.52. The maximum Gasteiger partial charge on any atom is 0.0922 e. The molecule has 0 fully saturated rings. The van der Waals surface area contributed by atoms with Crippen molar-refractivity contribution in [2.24, 2.45) is 0 Å². The molecule has 0 aliphatic carbocycles. The topological polar surface area (TPSA) is 0 Å². The van der Waals surface area contributed by atoms with Crippen LogP contribution >= 0.6 is 11.6 Å². The predicted molar refractivity (Wildman–Crippen MR) is 42.8 cm³/mol. The number of quaternary nitrogens is 1. The van der Waals surface area contributed by atoms with E-state index in [2.05, 4.69) is 27.9 Å². The van der Waals surface area contributed by atoms with Crippen LogP contribution in [0.5, 0.6) is 0 Å². The van der Waals surface area contributed by atoms with Crippen molar-refractivity contribution in [2.75, 3.05) is 26.5 Å². The van der Waals surface area contributed by atoms with Gasteiger partial charge in [-0.2, -0.15) is 0 Å². The molecule has 0 bridgehead atoms. The quantitative estimate of drug-likeness (QED) is 0.425. The number of hydrogen-bond acceptors (Lipinski definition) is 0. The van der Waals surface area contributed by atoms with Crippen LogP contribution in [-0.2, 0) is 0 Å². The third-order valence-corrected chi connectivity index (χ3v) is 2.23. The van der Waals surface area contributed by atoms with Gasteiger partial charge in [-0.15, -0.1) is 11.6 Å². The smallest absolute Gasteiger partial charge is 0.0922 e. The summed E-state index contributed by atoms with van der Waals surface area (Å²) < 4.78 is 1.02. The van der Waals surface area contributed by atoms with E-state index in [0.29, 0.717) is 6.04 Å². The van der Waals surface area contributed by atoms with Crippen molar-refractivity contribution < 1.29 is 4.48 Å². The highest BCUT2D eigenvalue weighted by atomic mass is 35.5. The number of alkyl halides is 1. The summed E-state index contributed by atoms with van der Waals surface area (Å²) in [6, 6.07) is 0.670. The van der Waals surface area contributed by atoms with Crippen LogP contribution < -0.4 is 0 Å². The Morgan fingerprint density at radius 1 is 1.33 bits per heavy atom. The first kappa shape index (κ1) is 9.25. The Bertz CT molecular complexity index is 79.0. The van der Waals surface area contributed by atoms with Gasteiger partial charge in [0.2, 0.25) is 0 Å². The summed E-state index contributed by atoms with van der Waals surface area (Å²) in [7, 11) is 4.40. The molecule has 0 saturated carbocycles. The van der Waals surface area contributed by atoms with Crippen molar-refractivity contribution in [3.8, 4) is 0 Å². The van der Waals surface area contributed by atoms with Gasteiger partial charge in [0.25, 0.3) is 0 Å². The van der Waals surface area contributed by atoms with Gasteiger partial charge in [0.1, 0.15) is 0 Å². The second-order valence-corrected chi connectivity index (χ2v) is 3.66. The van der Waals surface area contributed by atoms with Crippen molar-refractivity contribution in [3.63, 3.8) is 0 Å². The Hall–Kier alpha value is 0.250. The molecule has 1 nitrogen and oxygen atoms in total. The molecule has 0 aromatic carbocycles. The van der Waals surface area contributed by atoms with Crippen molar-refractivity contribution >= 4 is 11.6 Å². The fourth-order valence-electron chi connectivity index (χ4n) is 0.476. The molecule has 0 aromatic rings. The average molecular weight is 151 g/mol. The molecule has 2 heteroatoms. The molecule has 0 atom stereocenters. The van der Waals surface area contributed by atoms with Crippen molar-refractivity contribution in [1.29, 1.82) is 0 Å². The van der Waals surface area contributed by atoms with Crippen LogP contribution in [0, 0.1) is 0 Å². The van der Waals surface area contributed by atoms with E-state index in [1.165, 1.54) is 0 Å². The van der Waals surface area contributed by atoms with Crippen molar-refractivity contribution in [3.05, 3.63) is 0 Å². The van der Waals surface area contributed by atoms with Crippen LogP contribution in [0.15, 0.2) is 0 Å². The lowest BCUT2D eigenvalue weighted by atomic mass is 10.3. The van der Waals surface area contributed by atoms with E-state index in [-0.39, 0.29) is 0 Å². The molecule has 0 spiro atoms. The number of hydrogen-bond donors (Lipinski definition) is 0. The first-order chi connectivity index (χ1) is 4.00. The zero-order valence-corrected chi connectivity index (χ0v) is 7.57. The molecule has 0 rings (SSSR count). The lowest BCUT2D eigenvalue weighted by Crippen LogP contribution is -2.46. The highest BCUT2D eigenvalue weighted by molar-refractivity contribution is 6.17. The third kappa shape index (κ3) is 3.07. The Morgan fingerprint density at radius 3 is 1.89 bits per heavy atom. The van der Waals surface area contributed by atoms with E-state index < -0.39 is 0 Å². The van der Waals surface area contributed by atoms with E-state index in [1.807, 2.05) is 0 Å². The summed E-state index contributed by atoms with van der Waals surface area (Å²) in [6.45, 7) is 5.48. The highest BCUT2D eigenvalue weighted by Crippen LogP contribution is 2.04. The van der Waals surface area contributed by atoms with Gasteiger partial charge in [0, 0.05) is 0 Å². The van der Waals surface area contributed by atoms with Gasteiger partial charge in [-0.1, -0.05) is 0 Å². The molecule has 0 aromatic heterocycles. The molecule has 0 heterocycles. The molecule has 56 valence electrons. The van der Waals surface area contributed by atoms with Gasteiger partial charge < -0.3 is 4.48 Å². The molecule has 0 aliphatic rings. The van der Waals surface area contributed by atoms with Gasteiger partial charge in [-0.3, -0.25) is 0 Å². The van der Waals surface area contributed by atoms with Gasteiger partial charge in [0.05, 0.1) is 32.6 Å². The standard InChI is InChI=1S/C7H17ClN/c1-7(2)9(3,4)6-5-8/h7H,5-6H2,1-4H3/q+1. The van der Waals surface area contributed by atoms with E-state index in [1.54, 1.807) is 0 Å². The van der Waals surface area contributed by atoms with Crippen molar-refractivity contribution in [1.82, 2.24) is 0 Å². The zero-order valence-electron chi connectivity index (χ0n) is 6.82. The van der Waals surface area contributed by atoms with Gasteiger partial charge in [-0.25, -0.2) is 0 Å². The molecule has 0 N–H and O–H groups in total. The maximum atomic E-state index is 5.61. The van der Waals surface area contributed by atoms with Crippen LogP contribution in [0.3, 0.4) is 0 Å². The van der Waals surface area contributed by atoms with Crippen molar-refractivity contribution in [2.45, 2.75) is 19.9 Å². The largest absolute Gasteiger partial charge is 0.326 e. The first-order valence-electron chi connectivity index (χ1n) is 3.39. The Morgan fingerprint density at radius 2 is 1.78 bits per heavy atom. The lowest BCUT2D eigenvalue weighted by Gasteiger charge is -2.33. The van der Waals surface area contributed by atoms with Gasteiger partial charge in [-0.05, 0) is 13.8 Å². The monoisotopic (exact) mass is 150 g/mol. The van der Waals surface area contributed by atoms with E-state index in [9.17, 15) is 0 Å². The fraction of sp³-hybridized carbons (Fsp3) is 1.00. The normalized spacial score (nSPS) is 12.7. The predicted octanol–water partition coefficient (Wildman–Crippen LogP) is 1.71. The SMILES string of the molecule is CC(C)[N+](C)(C)CCCl. The summed E-state index contributed by atoms with van der Waals surface area (Å²) >= 11 is 5.61. The number of halogens is 1. The molecule has 0 amide bonds. The molecular weight excluding hydrogens is 134 g/mol. The lowest BCUT2D eigenvalue weighted by molar-refractivity contribution is -0.908. The zero-order chi connectivity index (χ0) is 7.49. The summed E-state index contributed by atoms with van der Waals surface area (Å²) in [5.74, 6) is 0.755. The maximum absolute atomic E-state index is 5.61. The van der Waals surface area contributed by atoms with Crippen LogP contribution in [0.2, 0.25) is 0 Å². The van der Waals surface area contributed by atoms with Gasteiger partial charge >= 0.3 is 0 Å². The summed E-state index contributed by atoms with van der Waals surface area (Å²) in [6.07, 6.45) is 0. The molecule has 0 saturated heterocycles. The molecule has 0 aliphatic heterocycles. The Labute approximate surface area is 63.2 Å². The number of nitrogens with zero attached hydrogens (tertiary/aromatic N) is 1. The van der Waals surface area contributed by atoms with E-state index in [0.717, 1.165) is 16.9 Å².